The predicted molar refractivity (Wildman–Crippen MR) is 136 cm³/mol. The van der Waals surface area contributed by atoms with Gasteiger partial charge >= 0.3 is 0 Å². The van der Waals surface area contributed by atoms with Crippen molar-refractivity contribution in [2.24, 2.45) is 4.99 Å². The van der Waals surface area contributed by atoms with Crippen LogP contribution in [0.15, 0.2) is 45.9 Å². The summed E-state index contributed by atoms with van der Waals surface area (Å²) in [6, 6.07) is 8.88. The first-order valence-electron chi connectivity index (χ1n) is 12.6. The molecule has 34 heavy (non-hydrogen) atoms. The lowest BCUT2D eigenvalue weighted by Gasteiger charge is -2.35. The Balaban J connectivity index is 1.77. The molecule has 2 aromatic rings. The van der Waals surface area contributed by atoms with Gasteiger partial charge in [-0.25, -0.2) is 4.99 Å². The lowest BCUT2D eigenvalue weighted by molar-refractivity contribution is 0.0751. The summed E-state index contributed by atoms with van der Waals surface area (Å²) < 4.78 is 2.01. The quantitative estimate of drug-likeness (QED) is 0.548. The number of benzene rings is 1. The fourth-order valence-corrected chi connectivity index (χ4v) is 5.52. The smallest absolute Gasteiger partial charge is 0.276 e. The fraction of sp³-hybridized carbons (Fsp3) is 0.500. The second-order valence-corrected chi connectivity index (χ2v) is 9.50. The van der Waals surface area contributed by atoms with Gasteiger partial charge in [-0.2, -0.15) is 4.98 Å². The standard InChI is InChI=1S/C28H36N4O2/c1-5-15-29-23(7-3)32-17-16-31-24(30-26(33)20(4)25(31)27(32)34)19-28(13-8-9-14-28)22-12-10-11-21(6-2)18-22/h7,10-12,15,18H,5-6,8-9,13-14,16-17,19H2,1-4H3/b23-7+,29-15-. The number of hydrogen-bond acceptors (Lipinski definition) is 4. The highest BCUT2D eigenvalue weighted by atomic mass is 16.2. The SMILES string of the molecule is C/C=C(\N=C/CC)N1CCn2c(CC3(c4cccc(CC)c4)CCCC3)nc(=O)c(C)c2C1=O. The van der Waals surface area contributed by atoms with Crippen LogP contribution in [-0.2, 0) is 24.8 Å². The molecule has 0 saturated heterocycles. The molecule has 4 rings (SSSR count). The number of aromatic nitrogens is 2. The number of rotatable bonds is 7. The molecule has 6 heteroatoms. The Morgan fingerprint density at radius 3 is 2.62 bits per heavy atom. The largest absolute Gasteiger partial charge is 0.323 e. The van der Waals surface area contributed by atoms with Gasteiger partial charge in [0.1, 0.15) is 17.3 Å². The number of fused-ring (bicyclic) bond motifs is 1. The molecule has 0 bridgehead atoms. The Bertz CT molecular complexity index is 1190. The Morgan fingerprint density at radius 1 is 1.18 bits per heavy atom. The van der Waals surface area contributed by atoms with Crippen molar-refractivity contribution >= 4 is 12.1 Å². The molecular formula is C28H36N4O2. The molecule has 1 aliphatic heterocycles. The summed E-state index contributed by atoms with van der Waals surface area (Å²) in [6.07, 6.45) is 10.6. The highest BCUT2D eigenvalue weighted by Gasteiger charge is 2.39. The van der Waals surface area contributed by atoms with Crippen molar-refractivity contribution in [3.05, 3.63) is 74.7 Å². The van der Waals surface area contributed by atoms with E-state index in [0.717, 1.165) is 31.5 Å². The van der Waals surface area contributed by atoms with E-state index in [1.165, 1.54) is 24.0 Å². The molecule has 0 atom stereocenters. The molecule has 1 aliphatic carbocycles. The third-order valence-corrected chi connectivity index (χ3v) is 7.43. The lowest BCUT2D eigenvalue weighted by Crippen LogP contribution is -2.44. The van der Waals surface area contributed by atoms with Gasteiger partial charge in [0.25, 0.3) is 11.5 Å². The van der Waals surface area contributed by atoms with E-state index in [9.17, 15) is 9.59 Å². The maximum atomic E-state index is 13.6. The molecule has 1 aromatic carbocycles. The van der Waals surface area contributed by atoms with Crippen LogP contribution in [-0.4, -0.2) is 33.1 Å². The molecule has 1 amide bonds. The van der Waals surface area contributed by atoms with Gasteiger partial charge in [0.15, 0.2) is 0 Å². The Kier molecular flexibility index (Phi) is 7.15. The van der Waals surface area contributed by atoms with Crippen LogP contribution in [0, 0.1) is 6.92 Å². The summed E-state index contributed by atoms with van der Waals surface area (Å²) in [5, 5.41) is 0. The summed E-state index contributed by atoms with van der Waals surface area (Å²) in [6.45, 7) is 8.92. The molecule has 0 unspecified atom stereocenters. The van der Waals surface area contributed by atoms with Crippen molar-refractivity contribution in [3.8, 4) is 0 Å². The zero-order valence-corrected chi connectivity index (χ0v) is 20.9. The van der Waals surface area contributed by atoms with E-state index < -0.39 is 0 Å². The molecule has 0 radical (unpaired) electrons. The number of amides is 1. The lowest BCUT2D eigenvalue weighted by atomic mass is 9.75. The van der Waals surface area contributed by atoms with Gasteiger partial charge in [0, 0.05) is 36.7 Å². The van der Waals surface area contributed by atoms with Crippen molar-refractivity contribution in [2.75, 3.05) is 6.54 Å². The van der Waals surface area contributed by atoms with Gasteiger partial charge in [-0.1, -0.05) is 51.0 Å². The summed E-state index contributed by atoms with van der Waals surface area (Å²) in [7, 11) is 0. The van der Waals surface area contributed by atoms with E-state index in [1.807, 2.05) is 30.7 Å². The number of aliphatic imine (C=N–C) groups is 1. The number of allylic oxidation sites excluding steroid dienone is 1. The summed E-state index contributed by atoms with van der Waals surface area (Å²) >= 11 is 0. The van der Waals surface area contributed by atoms with Crippen molar-refractivity contribution in [2.45, 2.75) is 84.6 Å². The zero-order chi connectivity index (χ0) is 24.3. The molecular weight excluding hydrogens is 424 g/mol. The van der Waals surface area contributed by atoms with Crippen LogP contribution in [0.1, 0.15) is 85.9 Å². The average Bonchev–Trinajstić information content (AvgIpc) is 3.33. The summed E-state index contributed by atoms with van der Waals surface area (Å²) in [5.74, 6) is 1.20. The topological polar surface area (TPSA) is 67.6 Å². The normalized spacial score (nSPS) is 18.1. The minimum Gasteiger partial charge on any atom is -0.323 e. The predicted octanol–water partition coefficient (Wildman–Crippen LogP) is 4.97. The Labute approximate surface area is 202 Å². The van der Waals surface area contributed by atoms with E-state index in [0.29, 0.717) is 36.6 Å². The molecule has 0 spiro atoms. The third-order valence-electron chi connectivity index (χ3n) is 7.43. The first-order chi connectivity index (χ1) is 16.4. The van der Waals surface area contributed by atoms with Gasteiger partial charge < -0.3 is 4.57 Å². The van der Waals surface area contributed by atoms with Crippen molar-refractivity contribution in [1.29, 1.82) is 0 Å². The van der Waals surface area contributed by atoms with Gasteiger partial charge in [-0.05, 0) is 56.7 Å². The van der Waals surface area contributed by atoms with Crippen LogP contribution in [0.3, 0.4) is 0 Å². The Morgan fingerprint density at radius 2 is 1.94 bits per heavy atom. The van der Waals surface area contributed by atoms with Gasteiger partial charge in [-0.3, -0.25) is 14.5 Å². The van der Waals surface area contributed by atoms with Gasteiger partial charge in [0.2, 0.25) is 0 Å². The van der Waals surface area contributed by atoms with Crippen LogP contribution in [0.2, 0.25) is 0 Å². The van der Waals surface area contributed by atoms with Gasteiger partial charge in [-0.15, -0.1) is 0 Å². The van der Waals surface area contributed by atoms with Crippen molar-refractivity contribution in [3.63, 3.8) is 0 Å². The fourth-order valence-electron chi connectivity index (χ4n) is 5.52. The number of nitrogens with zero attached hydrogens (tertiary/aromatic N) is 4. The highest BCUT2D eigenvalue weighted by molar-refractivity contribution is 5.95. The van der Waals surface area contributed by atoms with E-state index >= 15 is 0 Å². The van der Waals surface area contributed by atoms with E-state index in [2.05, 4.69) is 41.2 Å². The van der Waals surface area contributed by atoms with Crippen LogP contribution in [0.25, 0.3) is 0 Å². The first kappa shape index (κ1) is 24.1. The highest BCUT2D eigenvalue weighted by Crippen LogP contribution is 2.44. The van der Waals surface area contributed by atoms with Crippen LogP contribution in [0.4, 0.5) is 0 Å². The van der Waals surface area contributed by atoms with Crippen LogP contribution < -0.4 is 5.56 Å². The van der Waals surface area contributed by atoms with Crippen molar-refractivity contribution in [1.82, 2.24) is 14.5 Å². The summed E-state index contributed by atoms with van der Waals surface area (Å²) in [5.41, 5.74) is 3.20. The van der Waals surface area contributed by atoms with E-state index in [-0.39, 0.29) is 16.9 Å². The zero-order valence-electron chi connectivity index (χ0n) is 20.9. The second kappa shape index (κ2) is 10.1. The average molecular weight is 461 g/mol. The minimum atomic E-state index is -0.300. The van der Waals surface area contributed by atoms with Crippen LogP contribution in [0.5, 0.6) is 0 Å². The molecule has 1 saturated carbocycles. The van der Waals surface area contributed by atoms with E-state index in [4.69, 9.17) is 0 Å². The third kappa shape index (κ3) is 4.38. The number of carbonyl (C=O) groups excluding carboxylic acids is 1. The van der Waals surface area contributed by atoms with Gasteiger partial charge in [0.05, 0.1) is 0 Å². The minimum absolute atomic E-state index is 0.0409. The first-order valence-corrected chi connectivity index (χ1v) is 12.6. The number of aryl methyl sites for hydroxylation is 1. The molecule has 2 aliphatic rings. The van der Waals surface area contributed by atoms with E-state index in [1.54, 1.807) is 11.8 Å². The number of carbonyl (C=O) groups is 1. The molecule has 180 valence electrons. The molecule has 1 fully saturated rings. The Hall–Kier alpha value is -3.02. The molecule has 1 aromatic heterocycles. The number of hydrogen-bond donors (Lipinski definition) is 0. The maximum absolute atomic E-state index is 13.6. The second-order valence-electron chi connectivity index (χ2n) is 9.50. The monoisotopic (exact) mass is 460 g/mol. The molecule has 6 nitrogen and oxygen atoms in total. The molecule has 0 N–H and O–H groups in total. The summed E-state index contributed by atoms with van der Waals surface area (Å²) in [4.78, 5) is 37.2. The molecule has 2 heterocycles. The maximum Gasteiger partial charge on any atom is 0.276 e. The van der Waals surface area contributed by atoms with Crippen LogP contribution >= 0.6 is 0 Å². The van der Waals surface area contributed by atoms with Crippen molar-refractivity contribution < 1.29 is 4.79 Å².